The number of nitrogens with one attached hydrogen (secondary N) is 2. The number of carbonyl (C=O) groups is 2. The highest BCUT2D eigenvalue weighted by molar-refractivity contribution is 7.87. The summed E-state index contributed by atoms with van der Waals surface area (Å²) in [5.41, 5.74) is 1.42. The third-order valence-electron chi connectivity index (χ3n) is 5.16. The van der Waals surface area contributed by atoms with Crippen molar-refractivity contribution in [3.8, 4) is 5.75 Å². The molecule has 2 N–H and O–H groups in total. The first-order chi connectivity index (χ1) is 16.8. The van der Waals surface area contributed by atoms with Crippen molar-refractivity contribution in [3.63, 3.8) is 0 Å². The number of rotatable bonds is 6. The van der Waals surface area contributed by atoms with Crippen LogP contribution in [0.2, 0.25) is 0 Å². The number of aryl methyl sites for hydroxylation is 1. The Balaban J connectivity index is 1.58. The Bertz CT molecular complexity index is 1530. The molecule has 0 heterocycles. The minimum Gasteiger partial charge on any atom is -0.465 e. The molecule has 0 fully saturated rings. The van der Waals surface area contributed by atoms with E-state index in [-0.39, 0.29) is 21.9 Å². The van der Waals surface area contributed by atoms with Crippen LogP contribution in [0.4, 0.5) is 16.2 Å². The molecule has 9 heteroatoms. The largest absolute Gasteiger partial charge is 0.465 e. The number of amides is 2. The fourth-order valence-electron chi connectivity index (χ4n) is 3.51. The quantitative estimate of drug-likeness (QED) is 0.279. The van der Waals surface area contributed by atoms with E-state index in [0.717, 1.165) is 23.4 Å². The summed E-state index contributed by atoms with van der Waals surface area (Å²) in [6, 6.07) is 22.8. The first-order valence-corrected chi connectivity index (χ1v) is 12.0. The van der Waals surface area contributed by atoms with E-state index in [1.54, 1.807) is 25.1 Å². The summed E-state index contributed by atoms with van der Waals surface area (Å²) >= 11 is 0. The number of methoxy groups -OCH3 is 1. The van der Waals surface area contributed by atoms with Gasteiger partial charge in [0, 0.05) is 11.1 Å². The van der Waals surface area contributed by atoms with Gasteiger partial charge in [0.2, 0.25) is 0 Å². The zero-order valence-electron chi connectivity index (χ0n) is 18.9. The van der Waals surface area contributed by atoms with E-state index in [1.807, 2.05) is 36.4 Å². The summed E-state index contributed by atoms with van der Waals surface area (Å²) < 4.78 is 35.5. The number of anilines is 2. The lowest BCUT2D eigenvalue weighted by atomic mass is 10.1. The number of hydrogen-bond acceptors (Lipinski definition) is 6. The molecule has 0 saturated heterocycles. The Morgan fingerprint density at radius 1 is 0.829 bits per heavy atom. The van der Waals surface area contributed by atoms with Gasteiger partial charge in [-0.3, -0.25) is 0 Å². The zero-order valence-corrected chi connectivity index (χ0v) is 19.8. The smallest absolute Gasteiger partial charge is 0.341 e. The molecule has 0 saturated carbocycles. The minimum absolute atomic E-state index is 0.0509. The number of urea groups is 1. The second kappa shape index (κ2) is 9.86. The van der Waals surface area contributed by atoms with Crippen molar-refractivity contribution in [2.45, 2.75) is 11.8 Å². The molecule has 4 rings (SSSR count). The molecular weight excluding hydrogens is 468 g/mol. The average molecular weight is 491 g/mol. The first kappa shape index (κ1) is 23.8. The topological polar surface area (TPSA) is 111 Å². The van der Waals surface area contributed by atoms with E-state index < -0.39 is 22.1 Å². The van der Waals surface area contributed by atoms with Crippen LogP contribution in [0.15, 0.2) is 89.8 Å². The zero-order chi connectivity index (χ0) is 25.0. The van der Waals surface area contributed by atoms with Crippen molar-refractivity contribution >= 4 is 44.3 Å². The molecule has 0 aliphatic carbocycles. The van der Waals surface area contributed by atoms with E-state index in [0.29, 0.717) is 5.69 Å². The lowest BCUT2D eigenvalue weighted by Crippen LogP contribution is -2.20. The molecule has 35 heavy (non-hydrogen) atoms. The average Bonchev–Trinajstić information content (AvgIpc) is 2.84. The van der Waals surface area contributed by atoms with Crippen molar-refractivity contribution in [2.75, 3.05) is 17.7 Å². The van der Waals surface area contributed by atoms with Crippen LogP contribution in [-0.2, 0) is 14.9 Å². The Morgan fingerprint density at radius 3 is 2.34 bits per heavy atom. The van der Waals surface area contributed by atoms with Gasteiger partial charge in [-0.1, -0.05) is 48.5 Å². The third kappa shape index (κ3) is 5.42. The summed E-state index contributed by atoms with van der Waals surface area (Å²) in [4.78, 5) is 25.0. The van der Waals surface area contributed by atoms with E-state index in [4.69, 9.17) is 8.92 Å². The monoisotopic (exact) mass is 490 g/mol. The molecule has 8 nitrogen and oxygen atoms in total. The molecule has 0 atom stereocenters. The SMILES string of the molecule is COC(=O)c1cc(NC(=O)Nc2cccc3ccccc23)ccc1OS(=O)(=O)c1cccc(C)c1. The predicted octanol–water partition coefficient (Wildman–Crippen LogP) is 5.35. The van der Waals surface area contributed by atoms with Crippen molar-refractivity contribution in [1.29, 1.82) is 0 Å². The van der Waals surface area contributed by atoms with Gasteiger partial charge >= 0.3 is 22.1 Å². The van der Waals surface area contributed by atoms with E-state index in [2.05, 4.69) is 10.6 Å². The van der Waals surface area contributed by atoms with Gasteiger partial charge in [0.15, 0.2) is 5.75 Å². The molecule has 4 aromatic rings. The van der Waals surface area contributed by atoms with Crippen LogP contribution in [0.3, 0.4) is 0 Å². The maximum atomic E-state index is 12.7. The van der Waals surface area contributed by atoms with Gasteiger partial charge in [-0.15, -0.1) is 0 Å². The summed E-state index contributed by atoms with van der Waals surface area (Å²) in [7, 11) is -3.04. The number of benzene rings is 4. The molecule has 178 valence electrons. The van der Waals surface area contributed by atoms with Crippen LogP contribution in [0.25, 0.3) is 10.8 Å². The Labute approximate surface area is 202 Å². The molecule has 4 aromatic carbocycles. The van der Waals surface area contributed by atoms with Gasteiger partial charge in [-0.25, -0.2) is 9.59 Å². The Hall–Kier alpha value is -4.37. The number of ether oxygens (including phenoxy) is 1. The fraction of sp³-hybridized carbons (Fsp3) is 0.0769. The molecular formula is C26H22N2O6S. The van der Waals surface area contributed by atoms with Gasteiger partial charge in [0.1, 0.15) is 10.5 Å². The van der Waals surface area contributed by atoms with Crippen LogP contribution >= 0.6 is 0 Å². The van der Waals surface area contributed by atoms with Gasteiger partial charge < -0.3 is 19.6 Å². The predicted molar refractivity (Wildman–Crippen MR) is 133 cm³/mol. The lowest BCUT2D eigenvalue weighted by Gasteiger charge is -2.14. The third-order valence-corrected chi connectivity index (χ3v) is 6.39. The summed E-state index contributed by atoms with van der Waals surface area (Å²) in [5.74, 6) is -1.05. The van der Waals surface area contributed by atoms with Crippen molar-refractivity contribution in [1.82, 2.24) is 0 Å². The molecule has 0 unspecified atom stereocenters. The molecule has 0 bridgehead atoms. The standard InChI is InChI=1S/C26H22N2O6S/c1-17-7-5-10-20(15-17)35(31,32)34-24-14-13-19(16-22(24)25(29)33-2)27-26(30)28-23-12-6-9-18-8-3-4-11-21(18)23/h3-16H,1-2H3,(H2,27,28,30). The van der Waals surface area contributed by atoms with Crippen LogP contribution in [0, 0.1) is 6.92 Å². The molecule has 0 radical (unpaired) electrons. The van der Waals surface area contributed by atoms with Crippen LogP contribution in [0.1, 0.15) is 15.9 Å². The first-order valence-electron chi connectivity index (χ1n) is 10.6. The van der Waals surface area contributed by atoms with Crippen molar-refractivity contribution in [3.05, 3.63) is 96.1 Å². The van der Waals surface area contributed by atoms with Gasteiger partial charge in [-0.05, 0) is 54.3 Å². The number of esters is 1. The van der Waals surface area contributed by atoms with Gasteiger partial charge in [0.25, 0.3) is 0 Å². The normalized spacial score (nSPS) is 11.0. The second-order valence-electron chi connectivity index (χ2n) is 7.66. The highest BCUT2D eigenvalue weighted by Crippen LogP contribution is 2.28. The van der Waals surface area contributed by atoms with E-state index >= 15 is 0 Å². The number of fused-ring (bicyclic) bond motifs is 1. The maximum Gasteiger partial charge on any atom is 0.341 e. The van der Waals surface area contributed by atoms with Crippen LogP contribution in [-0.4, -0.2) is 27.5 Å². The highest BCUT2D eigenvalue weighted by Gasteiger charge is 2.22. The molecule has 0 aliphatic heterocycles. The van der Waals surface area contributed by atoms with E-state index in [1.165, 1.54) is 30.3 Å². The van der Waals surface area contributed by atoms with Crippen molar-refractivity contribution in [2.24, 2.45) is 0 Å². The van der Waals surface area contributed by atoms with Crippen LogP contribution in [0.5, 0.6) is 5.75 Å². The number of hydrogen-bond donors (Lipinski definition) is 2. The highest BCUT2D eigenvalue weighted by atomic mass is 32.2. The molecule has 0 spiro atoms. The Morgan fingerprint density at radius 2 is 1.57 bits per heavy atom. The summed E-state index contributed by atoms with van der Waals surface area (Å²) in [6.45, 7) is 1.75. The molecule has 0 aliphatic rings. The van der Waals surface area contributed by atoms with Crippen LogP contribution < -0.4 is 14.8 Å². The number of carbonyl (C=O) groups excluding carboxylic acids is 2. The summed E-state index contributed by atoms with van der Waals surface area (Å²) in [6.07, 6.45) is 0. The Kier molecular flexibility index (Phi) is 6.70. The maximum absolute atomic E-state index is 12.7. The fourth-order valence-corrected chi connectivity index (χ4v) is 4.56. The van der Waals surface area contributed by atoms with E-state index in [9.17, 15) is 18.0 Å². The van der Waals surface area contributed by atoms with Gasteiger partial charge in [0.05, 0.1) is 12.8 Å². The lowest BCUT2D eigenvalue weighted by molar-refractivity contribution is 0.0599. The molecule has 2 amide bonds. The summed E-state index contributed by atoms with van der Waals surface area (Å²) in [5, 5.41) is 7.26. The minimum atomic E-state index is -4.20. The second-order valence-corrected chi connectivity index (χ2v) is 9.21. The molecule has 0 aromatic heterocycles. The van der Waals surface area contributed by atoms with Crippen molar-refractivity contribution < 1.29 is 26.9 Å². The van der Waals surface area contributed by atoms with Gasteiger partial charge in [-0.2, -0.15) is 8.42 Å².